The zero-order valence-corrected chi connectivity index (χ0v) is 10.4. The van der Waals surface area contributed by atoms with Gasteiger partial charge in [0.05, 0.1) is 12.8 Å². The third-order valence-corrected chi connectivity index (χ3v) is 2.53. The summed E-state index contributed by atoms with van der Waals surface area (Å²) in [4.78, 5) is 33.4. The maximum atomic E-state index is 11.5. The molecule has 1 rings (SSSR count). The summed E-state index contributed by atoms with van der Waals surface area (Å²) in [5, 5.41) is 17.3. The molecule has 100 valence electrons. The van der Waals surface area contributed by atoms with Crippen molar-refractivity contribution in [3.05, 3.63) is 0 Å². The Morgan fingerprint density at radius 3 is 2.33 bits per heavy atom. The summed E-state index contributed by atoms with van der Waals surface area (Å²) >= 11 is 0. The maximum Gasteiger partial charge on any atom is 0.533 e. The van der Waals surface area contributed by atoms with Crippen LogP contribution in [-0.4, -0.2) is 40.8 Å². The Morgan fingerprint density at radius 2 is 1.94 bits per heavy atom. The Hall–Kier alpha value is -1.57. The molecule has 0 aromatic rings. The van der Waals surface area contributed by atoms with Crippen LogP contribution >= 0.6 is 0 Å². The normalized spacial score (nSPS) is 24.6. The smallest absolute Gasteiger partial charge is 0.509 e. The van der Waals surface area contributed by atoms with Crippen molar-refractivity contribution in [1.82, 2.24) is 0 Å². The first kappa shape index (κ1) is 14.5. The predicted octanol–water partition coefficient (Wildman–Crippen LogP) is 0.536. The third-order valence-electron chi connectivity index (χ3n) is 2.53. The van der Waals surface area contributed by atoms with Crippen LogP contribution in [0.5, 0.6) is 0 Å². The van der Waals surface area contributed by atoms with E-state index in [1.54, 1.807) is 20.8 Å². The summed E-state index contributed by atoms with van der Waals surface area (Å²) in [7, 11) is -1.09. The number of carboxylic acid groups (broad SMARTS) is 2. The molecule has 0 amide bonds. The number of aliphatic carboxylic acids is 2. The van der Waals surface area contributed by atoms with E-state index >= 15 is 0 Å². The molecule has 0 saturated carbocycles. The van der Waals surface area contributed by atoms with E-state index < -0.39 is 48.8 Å². The highest BCUT2D eigenvalue weighted by Gasteiger charge is 2.55. The molecule has 0 aromatic heterocycles. The van der Waals surface area contributed by atoms with Gasteiger partial charge in [0.1, 0.15) is 0 Å². The zero-order valence-electron chi connectivity index (χ0n) is 10.4. The third kappa shape index (κ3) is 3.01. The van der Waals surface area contributed by atoms with Crippen LogP contribution in [0.1, 0.15) is 33.6 Å². The van der Waals surface area contributed by atoms with Gasteiger partial charge in [-0.05, 0) is 0 Å². The number of carbonyl (C=O) groups is 3. The summed E-state index contributed by atoms with van der Waals surface area (Å²) < 4.78 is 10.2. The van der Waals surface area contributed by atoms with E-state index in [0.29, 0.717) is 0 Å². The van der Waals surface area contributed by atoms with E-state index in [0.717, 1.165) is 0 Å². The van der Waals surface area contributed by atoms with E-state index in [4.69, 9.17) is 19.5 Å². The van der Waals surface area contributed by atoms with Gasteiger partial charge >= 0.3 is 19.1 Å². The molecule has 0 spiro atoms. The van der Waals surface area contributed by atoms with Crippen molar-refractivity contribution in [1.29, 1.82) is 0 Å². The lowest BCUT2D eigenvalue weighted by atomic mass is 9.59. The molecule has 1 unspecified atom stereocenters. The summed E-state index contributed by atoms with van der Waals surface area (Å²) in [6.45, 7) is 5.09. The van der Waals surface area contributed by atoms with E-state index in [9.17, 15) is 14.4 Å². The van der Waals surface area contributed by atoms with Crippen molar-refractivity contribution in [2.24, 2.45) is 0 Å². The van der Waals surface area contributed by atoms with Gasteiger partial charge in [0.2, 0.25) is 0 Å². The van der Waals surface area contributed by atoms with E-state index in [-0.39, 0.29) is 0 Å². The minimum atomic E-state index is -2.06. The van der Waals surface area contributed by atoms with Gasteiger partial charge in [-0.25, -0.2) is 4.79 Å². The monoisotopic (exact) mass is 258 g/mol. The molecule has 1 saturated heterocycles. The first-order chi connectivity index (χ1) is 8.07. The fraction of sp³-hybridized carbons (Fsp3) is 0.700. The fourth-order valence-electron chi connectivity index (χ4n) is 1.57. The molecule has 0 radical (unpaired) electrons. The van der Waals surface area contributed by atoms with Gasteiger partial charge in [0.15, 0.2) is 5.60 Å². The van der Waals surface area contributed by atoms with Crippen molar-refractivity contribution < 1.29 is 33.9 Å². The van der Waals surface area contributed by atoms with Gasteiger partial charge in [-0.15, -0.1) is 0 Å². The van der Waals surface area contributed by atoms with Gasteiger partial charge in [-0.3, -0.25) is 9.59 Å². The topological polar surface area (TPSA) is 110 Å². The number of hydrogen-bond acceptors (Lipinski definition) is 5. The average molecular weight is 258 g/mol. The van der Waals surface area contributed by atoms with Gasteiger partial charge in [0.25, 0.3) is 5.97 Å². The second-order valence-electron chi connectivity index (χ2n) is 5.35. The molecule has 1 aliphatic rings. The van der Waals surface area contributed by atoms with Gasteiger partial charge in [-0.2, -0.15) is 0 Å². The SMILES string of the molecule is CC(C)(C)B1OC(=O)CC(CC(=O)O)(C(=O)O)O1. The van der Waals surface area contributed by atoms with Crippen LogP contribution in [-0.2, 0) is 23.7 Å². The molecule has 1 aliphatic heterocycles. The Labute approximate surface area is 104 Å². The second kappa shape index (κ2) is 4.60. The molecule has 2 N–H and O–H groups in total. The lowest BCUT2D eigenvalue weighted by molar-refractivity contribution is -0.175. The quantitative estimate of drug-likeness (QED) is 0.710. The average Bonchev–Trinajstić information content (AvgIpc) is 2.13. The molecule has 0 aromatic carbocycles. The molecule has 7 nitrogen and oxygen atoms in total. The van der Waals surface area contributed by atoms with Crippen molar-refractivity contribution >= 4 is 25.0 Å². The number of carboxylic acids is 2. The second-order valence-corrected chi connectivity index (χ2v) is 5.35. The largest absolute Gasteiger partial charge is 0.533 e. The van der Waals surface area contributed by atoms with Crippen molar-refractivity contribution in [3.8, 4) is 0 Å². The number of rotatable bonds is 3. The lowest BCUT2D eigenvalue weighted by Gasteiger charge is -2.38. The van der Waals surface area contributed by atoms with Gasteiger partial charge in [-0.1, -0.05) is 20.8 Å². The summed E-state index contributed by atoms with van der Waals surface area (Å²) in [5.41, 5.74) is -2.06. The summed E-state index contributed by atoms with van der Waals surface area (Å²) in [6, 6.07) is 0. The van der Waals surface area contributed by atoms with E-state index in [1.165, 1.54) is 0 Å². The summed E-state index contributed by atoms with van der Waals surface area (Å²) in [6.07, 6.45) is -1.40. The molecule has 0 aliphatic carbocycles. The zero-order chi connectivity index (χ0) is 14.1. The Kier molecular flexibility index (Phi) is 3.71. The fourth-order valence-corrected chi connectivity index (χ4v) is 1.57. The van der Waals surface area contributed by atoms with Gasteiger partial charge in [0, 0.05) is 5.31 Å². The highest BCUT2D eigenvalue weighted by Crippen LogP contribution is 2.37. The Balaban J connectivity index is 3.07. The van der Waals surface area contributed by atoms with Crippen molar-refractivity contribution in [2.75, 3.05) is 0 Å². The van der Waals surface area contributed by atoms with Crippen molar-refractivity contribution in [2.45, 2.75) is 44.5 Å². The van der Waals surface area contributed by atoms with Crippen LogP contribution in [0.3, 0.4) is 0 Å². The van der Waals surface area contributed by atoms with Crippen LogP contribution in [0.15, 0.2) is 0 Å². The minimum absolute atomic E-state index is 0.610. The van der Waals surface area contributed by atoms with Gasteiger partial charge < -0.3 is 19.5 Å². The molecule has 1 atom stereocenters. The van der Waals surface area contributed by atoms with Crippen molar-refractivity contribution in [3.63, 3.8) is 0 Å². The molecule has 8 heteroatoms. The molecule has 1 heterocycles. The molecule has 0 bridgehead atoms. The highest BCUT2D eigenvalue weighted by molar-refractivity contribution is 6.51. The Bertz CT molecular complexity index is 382. The first-order valence-electron chi connectivity index (χ1n) is 5.39. The molecule has 18 heavy (non-hydrogen) atoms. The first-order valence-corrected chi connectivity index (χ1v) is 5.39. The summed E-state index contributed by atoms with van der Waals surface area (Å²) in [5.74, 6) is -3.60. The number of carbonyl (C=O) groups excluding carboxylic acids is 1. The maximum absolute atomic E-state index is 11.5. The van der Waals surface area contributed by atoms with Crippen LogP contribution in [0.25, 0.3) is 0 Å². The van der Waals surface area contributed by atoms with E-state index in [2.05, 4.69) is 0 Å². The molecular weight excluding hydrogens is 243 g/mol. The highest BCUT2D eigenvalue weighted by atomic mass is 16.6. The standard InChI is InChI=1S/C10H15BO7/c1-9(2,3)11-17-7(14)5-10(18-11,8(15)16)4-6(12)13/h4-5H2,1-3H3,(H,12,13)(H,15,16). The number of hydrogen-bond donors (Lipinski definition) is 2. The van der Waals surface area contributed by atoms with E-state index in [1.807, 2.05) is 0 Å². The Morgan fingerprint density at radius 1 is 1.39 bits per heavy atom. The van der Waals surface area contributed by atoms with Crippen LogP contribution < -0.4 is 0 Å². The van der Waals surface area contributed by atoms with Crippen LogP contribution in [0, 0.1) is 0 Å². The lowest BCUT2D eigenvalue weighted by Crippen LogP contribution is -2.56. The predicted molar refractivity (Wildman–Crippen MR) is 59.9 cm³/mol. The minimum Gasteiger partial charge on any atom is -0.509 e. The molecular formula is C10H15BO7. The van der Waals surface area contributed by atoms with Crippen LogP contribution in [0.4, 0.5) is 0 Å². The van der Waals surface area contributed by atoms with Crippen LogP contribution in [0.2, 0.25) is 5.31 Å². The molecule has 1 fully saturated rings.